The highest BCUT2D eigenvalue weighted by Crippen LogP contribution is 2.23. The van der Waals surface area contributed by atoms with E-state index < -0.39 is 0 Å². The second-order valence-electron chi connectivity index (χ2n) is 6.21. The van der Waals surface area contributed by atoms with E-state index in [1.165, 1.54) is 0 Å². The van der Waals surface area contributed by atoms with E-state index in [2.05, 4.69) is 11.9 Å². The Morgan fingerprint density at radius 2 is 1.91 bits per heavy atom. The molecule has 23 heavy (non-hydrogen) atoms. The molecule has 0 saturated carbocycles. The molecule has 0 unspecified atom stereocenters. The average Bonchev–Trinajstić information content (AvgIpc) is 2.54. The van der Waals surface area contributed by atoms with E-state index in [0.29, 0.717) is 18.8 Å². The molecule has 5 heteroatoms. The van der Waals surface area contributed by atoms with Gasteiger partial charge in [-0.15, -0.1) is 0 Å². The van der Waals surface area contributed by atoms with Gasteiger partial charge in [0.05, 0.1) is 19.3 Å². The smallest absolute Gasteiger partial charge is 0.253 e. The topological polar surface area (TPSA) is 42.0 Å². The van der Waals surface area contributed by atoms with Crippen molar-refractivity contribution in [2.75, 3.05) is 39.8 Å². The minimum Gasteiger partial charge on any atom is -0.494 e. The Hall–Kier alpha value is -1.59. The normalized spacial score (nSPS) is 16.0. The van der Waals surface area contributed by atoms with Crippen LogP contribution in [0.1, 0.15) is 36.7 Å². The third-order valence-electron chi connectivity index (χ3n) is 3.97. The minimum atomic E-state index is 0.0898. The van der Waals surface area contributed by atoms with Crippen LogP contribution in [0.2, 0.25) is 0 Å². The lowest BCUT2D eigenvalue weighted by atomic mass is 10.1. The summed E-state index contributed by atoms with van der Waals surface area (Å²) in [6.45, 7) is 10.4. The van der Waals surface area contributed by atoms with E-state index in [-0.39, 0.29) is 12.0 Å². The Kier molecular flexibility index (Phi) is 6.42. The third-order valence-corrected chi connectivity index (χ3v) is 3.97. The van der Waals surface area contributed by atoms with Crippen molar-refractivity contribution in [3.05, 3.63) is 29.3 Å². The molecule has 0 radical (unpaired) electrons. The second-order valence-corrected chi connectivity index (χ2v) is 6.21. The molecule has 1 aliphatic heterocycles. The summed E-state index contributed by atoms with van der Waals surface area (Å²) in [5, 5.41) is 0. The van der Waals surface area contributed by atoms with Gasteiger partial charge < -0.3 is 19.3 Å². The van der Waals surface area contributed by atoms with Crippen LogP contribution < -0.4 is 4.74 Å². The SMILES string of the molecule is CCOc1ccc(C(=O)N2CCN(C)CC2)cc1COC(C)C. The van der Waals surface area contributed by atoms with Gasteiger partial charge in [0.2, 0.25) is 0 Å². The summed E-state index contributed by atoms with van der Waals surface area (Å²) in [6.07, 6.45) is 0.140. The van der Waals surface area contributed by atoms with Crippen LogP contribution in [0.5, 0.6) is 5.75 Å². The van der Waals surface area contributed by atoms with E-state index in [1.807, 2.05) is 43.9 Å². The predicted molar refractivity (Wildman–Crippen MR) is 90.9 cm³/mol. The number of piperazine rings is 1. The second kappa shape index (κ2) is 8.31. The van der Waals surface area contributed by atoms with E-state index >= 15 is 0 Å². The molecule has 128 valence electrons. The monoisotopic (exact) mass is 320 g/mol. The summed E-state index contributed by atoms with van der Waals surface area (Å²) in [5.74, 6) is 0.884. The summed E-state index contributed by atoms with van der Waals surface area (Å²) in [6, 6.07) is 5.64. The van der Waals surface area contributed by atoms with Crippen molar-refractivity contribution in [2.45, 2.75) is 33.5 Å². The molecule has 1 heterocycles. The number of carbonyl (C=O) groups is 1. The number of amides is 1. The van der Waals surface area contributed by atoms with Crippen molar-refractivity contribution in [3.8, 4) is 5.75 Å². The lowest BCUT2D eigenvalue weighted by Gasteiger charge is -2.32. The molecule has 5 nitrogen and oxygen atoms in total. The van der Waals surface area contributed by atoms with Crippen LogP contribution in [-0.2, 0) is 11.3 Å². The summed E-state index contributed by atoms with van der Waals surface area (Å²) >= 11 is 0. The maximum Gasteiger partial charge on any atom is 0.253 e. The summed E-state index contributed by atoms with van der Waals surface area (Å²) in [4.78, 5) is 16.9. The molecule has 1 amide bonds. The fourth-order valence-corrected chi connectivity index (χ4v) is 2.57. The van der Waals surface area contributed by atoms with Crippen molar-refractivity contribution in [2.24, 2.45) is 0 Å². The molecule has 0 atom stereocenters. The Labute approximate surface area is 139 Å². The van der Waals surface area contributed by atoms with Gasteiger partial charge >= 0.3 is 0 Å². The molecule has 0 aliphatic carbocycles. The molecule has 2 rings (SSSR count). The zero-order valence-corrected chi connectivity index (χ0v) is 14.7. The Morgan fingerprint density at radius 1 is 1.22 bits per heavy atom. The number of carbonyl (C=O) groups excluding carboxylic acids is 1. The van der Waals surface area contributed by atoms with E-state index in [9.17, 15) is 4.79 Å². The van der Waals surface area contributed by atoms with Crippen molar-refractivity contribution in [3.63, 3.8) is 0 Å². The first-order chi connectivity index (χ1) is 11.0. The fraction of sp³-hybridized carbons (Fsp3) is 0.611. The Bertz CT molecular complexity index is 523. The third kappa shape index (κ3) is 4.94. The molecule has 0 spiro atoms. The van der Waals surface area contributed by atoms with Gasteiger partial charge in [0, 0.05) is 37.3 Å². The molecule has 1 saturated heterocycles. The van der Waals surface area contributed by atoms with Crippen LogP contribution in [0.15, 0.2) is 18.2 Å². The van der Waals surface area contributed by atoms with Gasteiger partial charge in [0.25, 0.3) is 5.91 Å². The van der Waals surface area contributed by atoms with Crippen LogP contribution in [0, 0.1) is 0 Å². The van der Waals surface area contributed by atoms with E-state index in [0.717, 1.165) is 37.5 Å². The van der Waals surface area contributed by atoms with Gasteiger partial charge in [-0.2, -0.15) is 0 Å². The molecule has 0 aromatic heterocycles. The van der Waals surface area contributed by atoms with Gasteiger partial charge in [0.1, 0.15) is 5.75 Å². The number of rotatable bonds is 6. The highest BCUT2D eigenvalue weighted by atomic mass is 16.5. The first kappa shape index (κ1) is 17.8. The molecule has 1 aromatic carbocycles. The first-order valence-electron chi connectivity index (χ1n) is 8.36. The van der Waals surface area contributed by atoms with Crippen LogP contribution in [0.4, 0.5) is 0 Å². The summed E-state index contributed by atoms with van der Waals surface area (Å²) in [5.41, 5.74) is 1.64. The van der Waals surface area contributed by atoms with E-state index in [1.54, 1.807) is 0 Å². The summed E-state index contributed by atoms with van der Waals surface area (Å²) in [7, 11) is 2.08. The van der Waals surface area contributed by atoms with Crippen LogP contribution in [0.25, 0.3) is 0 Å². The van der Waals surface area contributed by atoms with Gasteiger partial charge in [-0.05, 0) is 46.0 Å². The zero-order valence-electron chi connectivity index (χ0n) is 14.7. The van der Waals surface area contributed by atoms with Crippen molar-refractivity contribution < 1.29 is 14.3 Å². The number of ether oxygens (including phenoxy) is 2. The van der Waals surface area contributed by atoms with Gasteiger partial charge in [-0.3, -0.25) is 4.79 Å². The number of hydrogen-bond donors (Lipinski definition) is 0. The maximum absolute atomic E-state index is 12.7. The molecule has 1 fully saturated rings. The maximum atomic E-state index is 12.7. The molecule has 0 N–H and O–H groups in total. The molecule has 1 aromatic rings. The van der Waals surface area contributed by atoms with Gasteiger partial charge in [-0.25, -0.2) is 0 Å². The standard InChI is InChI=1S/C18H28N2O3/c1-5-22-17-7-6-15(12-16(17)13-23-14(2)3)18(21)20-10-8-19(4)9-11-20/h6-7,12,14H,5,8-11,13H2,1-4H3. The van der Waals surface area contributed by atoms with E-state index in [4.69, 9.17) is 9.47 Å². The van der Waals surface area contributed by atoms with Crippen LogP contribution in [0.3, 0.4) is 0 Å². The highest BCUT2D eigenvalue weighted by molar-refractivity contribution is 5.94. The van der Waals surface area contributed by atoms with Crippen molar-refractivity contribution in [1.82, 2.24) is 9.80 Å². The highest BCUT2D eigenvalue weighted by Gasteiger charge is 2.21. The molecular formula is C18H28N2O3. The van der Waals surface area contributed by atoms with Crippen LogP contribution in [-0.4, -0.2) is 61.6 Å². The average molecular weight is 320 g/mol. The number of nitrogens with zero attached hydrogens (tertiary/aromatic N) is 2. The number of hydrogen-bond acceptors (Lipinski definition) is 4. The minimum absolute atomic E-state index is 0.0898. The van der Waals surface area contributed by atoms with Gasteiger partial charge in [-0.1, -0.05) is 0 Å². The van der Waals surface area contributed by atoms with Crippen molar-refractivity contribution in [1.29, 1.82) is 0 Å². The lowest BCUT2D eigenvalue weighted by molar-refractivity contribution is 0.0634. The first-order valence-corrected chi connectivity index (χ1v) is 8.36. The lowest BCUT2D eigenvalue weighted by Crippen LogP contribution is -2.47. The molecular weight excluding hydrogens is 292 g/mol. The Balaban J connectivity index is 2.14. The van der Waals surface area contributed by atoms with Gasteiger partial charge in [0.15, 0.2) is 0 Å². The molecule has 1 aliphatic rings. The quantitative estimate of drug-likeness (QED) is 0.807. The molecule has 0 bridgehead atoms. The summed E-state index contributed by atoms with van der Waals surface area (Å²) < 4.78 is 11.3. The fourth-order valence-electron chi connectivity index (χ4n) is 2.57. The van der Waals surface area contributed by atoms with Crippen molar-refractivity contribution >= 4 is 5.91 Å². The largest absolute Gasteiger partial charge is 0.494 e. The zero-order chi connectivity index (χ0) is 16.8. The number of benzene rings is 1. The number of likely N-dealkylation sites (N-methyl/N-ethyl adjacent to an activating group) is 1. The Morgan fingerprint density at radius 3 is 2.52 bits per heavy atom. The van der Waals surface area contributed by atoms with Crippen LogP contribution >= 0.6 is 0 Å². The predicted octanol–water partition coefficient (Wildman–Crippen LogP) is 2.40.